The number of nitrogens with zero attached hydrogens (tertiary/aromatic N) is 2. The molecule has 0 unspecified atom stereocenters. The average molecular weight is 487 g/mol. The minimum Gasteiger partial charge on any atom is -0.497 e. The third-order valence-corrected chi connectivity index (χ3v) is 6.47. The van der Waals surface area contributed by atoms with Crippen LogP contribution in [-0.4, -0.2) is 65.1 Å². The molecule has 0 spiro atoms. The predicted molar refractivity (Wildman–Crippen MR) is 118 cm³/mol. The fraction of sp³-hybridized carbons (Fsp3) is 0.278. The van der Waals surface area contributed by atoms with Crippen LogP contribution < -0.4 is 14.4 Å². The number of ether oxygens (including phenoxy) is 2. The summed E-state index contributed by atoms with van der Waals surface area (Å²) < 4.78 is 42.3. The van der Waals surface area contributed by atoms with Crippen molar-refractivity contribution in [2.45, 2.75) is 6.42 Å². The third kappa shape index (κ3) is 5.55. The van der Waals surface area contributed by atoms with Crippen LogP contribution in [0.4, 0.5) is 5.69 Å². The smallest absolute Gasteiger partial charge is 0.323 e. The number of rotatable bonds is 8. The van der Waals surface area contributed by atoms with Crippen molar-refractivity contribution >= 4 is 56.0 Å². The second-order valence-corrected chi connectivity index (χ2v) is 9.66. The van der Waals surface area contributed by atoms with Crippen LogP contribution >= 0.6 is 24.0 Å². The SMILES string of the molecule is COc1ccc2c(c1)N(CCCS(=O)(=O)O)C(=CC=C1SC(=S)N(CC(=O)O)C1=O)O2. The lowest BCUT2D eigenvalue weighted by atomic mass is 10.2. The van der Waals surface area contributed by atoms with Gasteiger partial charge in [-0.3, -0.25) is 19.0 Å². The Labute approximate surface area is 187 Å². The van der Waals surface area contributed by atoms with Gasteiger partial charge in [0.2, 0.25) is 5.88 Å². The summed E-state index contributed by atoms with van der Waals surface area (Å²) in [5, 5.41) is 8.92. The summed E-state index contributed by atoms with van der Waals surface area (Å²) in [7, 11) is -2.61. The lowest BCUT2D eigenvalue weighted by Gasteiger charge is -2.18. The maximum absolute atomic E-state index is 12.4. The molecule has 2 aliphatic rings. The number of thioether (sulfide) groups is 1. The summed E-state index contributed by atoms with van der Waals surface area (Å²) in [6.07, 6.45) is 3.11. The standard InChI is InChI=1S/C18H18N2O8S3/c1-27-11-3-4-13-12(9-11)19(7-2-8-31(24,25)26)15(28-13)6-5-14-17(23)20(10-16(21)22)18(29)30-14/h3-6,9H,2,7-8,10H2,1H3,(H,21,22)(H,24,25,26). The minimum atomic E-state index is -4.12. The van der Waals surface area contributed by atoms with Crippen molar-refractivity contribution in [3.8, 4) is 11.5 Å². The van der Waals surface area contributed by atoms with Crippen LogP contribution in [0.3, 0.4) is 0 Å². The topological polar surface area (TPSA) is 134 Å². The summed E-state index contributed by atoms with van der Waals surface area (Å²) >= 11 is 6.04. The summed E-state index contributed by atoms with van der Waals surface area (Å²) in [6, 6.07) is 5.11. The van der Waals surface area contributed by atoms with Gasteiger partial charge >= 0.3 is 5.97 Å². The summed E-state index contributed by atoms with van der Waals surface area (Å²) in [4.78, 5) is 26.2. The molecule has 166 valence electrons. The lowest BCUT2D eigenvalue weighted by Crippen LogP contribution is -2.33. The number of fused-ring (bicyclic) bond motifs is 1. The Bertz CT molecular complexity index is 1100. The van der Waals surface area contributed by atoms with E-state index in [1.165, 1.54) is 19.3 Å². The second kappa shape index (κ2) is 9.26. The highest BCUT2D eigenvalue weighted by Gasteiger charge is 2.33. The van der Waals surface area contributed by atoms with Crippen molar-refractivity contribution in [2.24, 2.45) is 0 Å². The molecule has 0 radical (unpaired) electrons. The number of carbonyl (C=O) groups is 2. The molecule has 1 aromatic rings. The van der Waals surface area contributed by atoms with E-state index in [4.69, 9.17) is 31.4 Å². The van der Waals surface area contributed by atoms with Crippen LogP contribution in [-0.2, 0) is 19.7 Å². The van der Waals surface area contributed by atoms with E-state index in [1.54, 1.807) is 23.1 Å². The molecule has 0 atom stereocenters. The Morgan fingerprint density at radius 3 is 2.71 bits per heavy atom. The molecule has 0 bridgehead atoms. The van der Waals surface area contributed by atoms with Crippen molar-refractivity contribution < 1.29 is 37.1 Å². The second-order valence-electron chi connectivity index (χ2n) is 6.42. The lowest BCUT2D eigenvalue weighted by molar-refractivity contribution is -0.140. The zero-order valence-corrected chi connectivity index (χ0v) is 18.6. The van der Waals surface area contributed by atoms with Gasteiger partial charge in [-0.15, -0.1) is 0 Å². The first-order valence-corrected chi connectivity index (χ1v) is 11.7. The predicted octanol–water partition coefficient (Wildman–Crippen LogP) is 1.84. The monoisotopic (exact) mass is 486 g/mol. The van der Waals surface area contributed by atoms with E-state index in [0.717, 1.165) is 16.7 Å². The largest absolute Gasteiger partial charge is 0.497 e. The Balaban J connectivity index is 1.86. The van der Waals surface area contributed by atoms with Gasteiger partial charge in [-0.2, -0.15) is 8.42 Å². The number of allylic oxidation sites excluding steroid dienone is 2. The number of aliphatic carboxylic acids is 1. The first-order valence-electron chi connectivity index (χ1n) is 8.85. The number of hydrogen-bond acceptors (Lipinski definition) is 9. The highest BCUT2D eigenvalue weighted by Crippen LogP contribution is 2.41. The molecule has 13 heteroatoms. The molecular formula is C18H18N2O8S3. The first-order chi connectivity index (χ1) is 14.6. The number of carboxylic acid groups (broad SMARTS) is 1. The normalized spacial score (nSPS) is 18.6. The Morgan fingerprint density at radius 1 is 1.32 bits per heavy atom. The van der Waals surface area contributed by atoms with Crippen LogP contribution in [0.1, 0.15) is 6.42 Å². The highest BCUT2D eigenvalue weighted by atomic mass is 32.2. The van der Waals surface area contributed by atoms with E-state index in [1.807, 2.05) is 0 Å². The van der Waals surface area contributed by atoms with E-state index < -0.39 is 34.3 Å². The van der Waals surface area contributed by atoms with Gasteiger partial charge in [0.1, 0.15) is 16.6 Å². The van der Waals surface area contributed by atoms with Crippen LogP contribution in [0.25, 0.3) is 0 Å². The number of amides is 1. The Morgan fingerprint density at radius 2 is 2.06 bits per heavy atom. The van der Waals surface area contributed by atoms with E-state index in [-0.39, 0.29) is 22.2 Å². The van der Waals surface area contributed by atoms with Crippen molar-refractivity contribution in [3.05, 3.63) is 41.1 Å². The van der Waals surface area contributed by atoms with Gasteiger partial charge in [-0.25, -0.2) is 0 Å². The molecule has 10 nitrogen and oxygen atoms in total. The molecule has 2 aliphatic heterocycles. The van der Waals surface area contributed by atoms with Crippen molar-refractivity contribution in [1.29, 1.82) is 0 Å². The third-order valence-electron chi connectivity index (χ3n) is 4.27. The number of benzene rings is 1. The number of anilines is 1. The van der Waals surface area contributed by atoms with Crippen molar-refractivity contribution in [3.63, 3.8) is 0 Å². The molecule has 2 heterocycles. The van der Waals surface area contributed by atoms with E-state index in [0.29, 0.717) is 23.1 Å². The number of thiocarbonyl (C=S) groups is 1. The van der Waals surface area contributed by atoms with Crippen LogP contribution in [0.5, 0.6) is 11.5 Å². The molecule has 0 saturated carbocycles. The van der Waals surface area contributed by atoms with Gasteiger partial charge in [0.15, 0.2) is 5.75 Å². The molecule has 0 aliphatic carbocycles. The maximum atomic E-state index is 12.4. The van der Waals surface area contributed by atoms with Gasteiger partial charge in [-0.1, -0.05) is 24.0 Å². The van der Waals surface area contributed by atoms with Gasteiger partial charge in [0, 0.05) is 18.7 Å². The fourth-order valence-electron chi connectivity index (χ4n) is 2.90. The zero-order chi connectivity index (χ0) is 22.8. The molecule has 1 amide bonds. The zero-order valence-electron chi connectivity index (χ0n) is 16.2. The molecule has 1 aromatic carbocycles. The van der Waals surface area contributed by atoms with Crippen molar-refractivity contribution in [1.82, 2.24) is 4.90 Å². The van der Waals surface area contributed by atoms with E-state index in [2.05, 4.69) is 0 Å². The van der Waals surface area contributed by atoms with Crippen LogP contribution in [0, 0.1) is 0 Å². The summed E-state index contributed by atoms with van der Waals surface area (Å²) in [6.45, 7) is -0.318. The molecular weight excluding hydrogens is 468 g/mol. The number of carboxylic acids is 1. The quantitative estimate of drug-likeness (QED) is 0.317. The van der Waals surface area contributed by atoms with Crippen LogP contribution in [0.15, 0.2) is 41.1 Å². The Hall–Kier alpha value is -2.61. The first kappa shape index (κ1) is 23.1. The van der Waals surface area contributed by atoms with Gasteiger partial charge < -0.3 is 19.5 Å². The highest BCUT2D eigenvalue weighted by molar-refractivity contribution is 8.26. The fourth-order valence-corrected chi connectivity index (χ4v) is 4.59. The number of methoxy groups -OCH3 is 1. The molecule has 3 rings (SSSR count). The minimum absolute atomic E-state index is 0.122. The summed E-state index contributed by atoms with van der Waals surface area (Å²) in [5.74, 6) is -0.733. The molecule has 1 saturated heterocycles. The molecule has 31 heavy (non-hydrogen) atoms. The molecule has 2 N–H and O–H groups in total. The molecule has 0 aromatic heterocycles. The Kier molecular flexibility index (Phi) is 6.89. The summed E-state index contributed by atoms with van der Waals surface area (Å²) in [5.41, 5.74) is 0.632. The number of carbonyl (C=O) groups excluding carboxylic acids is 1. The van der Waals surface area contributed by atoms with E-state index in [9.17, 15) is 18.0 Å². The van der Waals surface area contributed by atoms with Gasteiger partial charge in [-0.05, 0) is 24.6 Å². The molecule has 1 fully saturated rings. The average Bonchev–Trinajstić information content (AvgIpc) is 3.16. The van der Waals surface area contributed by atoms with Gasteiger partial charge in [0.25, 0.3) is 16.0 Å². The van der Waals surface area contributed by atoms with Gasteiger partial charge in [0.05, 0.1) is 23.5 Å². The number of hydrogen-bond donors (Lipinski definition) is 2. The van der Waals surface area contributed by atoms with Crippen LogP contribution in [0.2, 0.25) is 0 Å². The maximum Gasteiger partial charge on any atom is 0.323 e. The van der Waals surface area contributed by atoms with Crippen molar-refractivity contribution in [2.75, 3.05) is 30.9 Å². The van der Waals surface area contributed by atoms with E-state index >= 15 is 0 Å².